The molecule has 1 aromatic heterocycles. The zero-order valence-electron chi connectivity index (χ0n) is 16.9. The van der Waals surface area contributed by atoms with Gasteiger partial charge in [-0.15, -0.1) is 0 Å². The molecule has 2 heterocycles. The van der Waals surface area contributed by atoms with Crippen LogP contribution in [0.25, 0.3) is 10.9 Å². The lowest BCUT2D eigenvalue weighted by Gasteiger charge is -2.25. The second kappa shape index (κ2) is 7.46. The Morgan fingerprint density at radius 1 is 1.31 bits per heavy atom. The number of fused-ring (bicyclic) bond motifs is 1. The number of hydrogen-bond acceptors (Lipinski definition) is 6. The van der Waals surface area contributed by atoms with E-state index in [9.17, 15) is 9.59 Å². The molecule has 29 heavy (non-hydrogen) atoms. The predicted octanol–water partition coefficient (Wildman–Crippen LogP) is 0.850. The smallest absolute Gasteiger partial charge is 0.350 e. The van der Waals surface area contributed by atoms with E-state index in [0.717, 1.165) is 19.3 Å². The normalized spacial score (nSPS) is 20.6. The maximum absolute atomic E-state index is 15.1. The van der Waals surface area contributed by atoms with Crippen molar-refractivity contribution in [3.8, 4) is 0 Å². The van der Waals surface area contributed by atoms with Crippen molar-refractivity contribution >= 4 is 16.6 Å². The number of nitrogens with zero attached hydrogens (tertiary/aromatic N) is 3. The van der Waals surface area contributed by atoms with E-state index < -0.39 is 17.1 Å². The zero-order chi connectivity index (χ0) is 20.9. The van der Waals surface area contributed by atoms with Gasteiger partial charge in [-0.3, -0.25) is 9.36 Å². The van der Waals surface area contributed by atoms with Crippen molar-refractivity contribution in [2.45, 2.75) is 45.2 Å². The summed E-state index contributed by atoms with van der Waals surface area (Å²) in [7, 11) is 0. The lowest BCUT2D eigenvalue weighted by atomic mass is 10.0. The van der Waals surface area contributed by atoms with Crippen LogP contribution in [0.2, 0.25) is 0 Å². The Kier molecular flexibility index (Phi) is 5.12. The first-order valence-electron chi connectivity index (χ1n) is 10.2. The third-order valence-corrected chi connectivity index (χ3v) is 6.14. The van der Waals surface area contributed by atoms with Gasteiger partial charge in [0.2, 0.25) is 0 Å². The van der Waals surface area contributed by atoms with E-state index in [0.29, 0.717) is 47.7 Å². The molecule has 1 aliphatic heterocycles. The summed E-state index contributed by atoms with van der Waals surface area (Å²) < 4.78 is 22.7. The minimum Gasteiger partial charge on any atom is -0.380 e. The SMILES string of the molecule is CCOC[C@@H](N)C1CCN(c2c(F)cc3c(=O)n(N)c(=O)n(C4CC4)c3c2C)C1. The zero-order valence-corrected chi connectivity index (χ0v) is 16.9. The van der Waals surface area contributed by atoms with Crippen molar-refractivity contribution in [3.63, 3.8) is 0 Å². The summed E-state index contributed by atoms with van der Waals surface area (Å²) in [5, 5.41) is 0.140. The highest BCUT2D eigenvalue weighted by Crippen LogP contribution is 2.39. The van der Waals surface area contributed by atoms with Crippen molar-refractivity contribution in [2.75, 3.05) is 37.0 Å². The molecule has 0 radical (unpaired) electrons. The number of anilines is 1. The van der Waals surface area contributed by atoms with Crippen molar-refractivity contribution in [2.24, 2.45) is 11.7 Å². The Morgan fingerprint density at radius 2 is 2.03 bits per heavy atom. The molecule has 2 fully saturated rings. The van der Waals surface area contributed by atoms with Crippen LogP contribution in [0, 0.1) is 18.7 Å². The number of aromatic nitrogens is 2. The highest BCUT2D eigenvalue weighted by atomic mass is 19.1. The third-order valence-electron chi connectivity index (χ3n) is 6.14. The van der Waals surface area contributed by atoms with E-state index in [1.807, 2.05) is 11.8 Å². The highest BCUT2D eigenvalue weighted by molar-refractivity contribution is 5.87. The fourth-order valence-corrected chi connectivity index (χ4v) is 4.45. The van der Waals surface area contributed by atoms with E-state index in [4.69, 9.17) is 16.3 Å². The molecule has 4 rings (SSSR count). The topological polar surface area (TPSA) is 109 Å². The van der Waals surface area contributed by atoms with Gasteiger partial charge >= 0.3 is 5.69 Å². The Morgan fingerprint density at radius 3 is 2.69 bits per heavy atom. The molecule has 2 aliphatic rings. The van der Waals surface area contributed by atoms with Crippen molar-refractivity contribution in [3.05, 3.63) is 38.3 Å². The van der Waals surface area contributed by atoms with E-state index in [1.54, 1.807) is 11.5 Å². The molecule has 1 aliphatic carbocycles. The first-order valence-corrected chi connectivity index (χ1v) is 10.2. The minimum absolute atomic E-state index is 0.00310. The largest absolute Gasteiger partial charge is 0.380 e. The fraction of sp³-hybridized carbons (Fsp3) is 0.600. The molecular formula is C20H28FN5O3. The summed E-state index contributed by atoms with van der Waals surface area (Å²) in [6.45, 7) is 6.06. The minimum atomic E-state index is -0.673. The number of ether oxygens (including phenoxy) is 1. The van der Waals surface area contributed by atoms with Crippen LogP contribution in [-0.2, 0) is 4.74 Å². The van der Waals surface area contributed by atoms with Gasteiger partial charge in [0.25, 0.3) is 5.56 Å². The van der Waals surface area contributed by atoms with Gasteiger partial charge in [0.1, 0.15) is 5.82 Å². The Balaban J connectivity index is 1.79. The van der Waals surface area contributed by atoms with Crippen LogP contribution in [0.4, 0.5) is 10.1 Å². The Bertz CT molecular complexity index is 1060. The summed E-state index contributed by atoms with van der Waals surface area (Å²) in [6.07, 6.45) is 2.53. The van der Waals surface area contributed by atoms with Gasteiger partial charge in [-0.25, -0.2) is 9.18 Å². The van der Waals surface area contributed by atoms with Crippen LogP contribution in [0.3, 0.4) is 0 Å². The quantitative estimate of drug-likeness (QED) is 0.690. The molecule has 1 unspecified atom stereocenters. The number of aryl methyl sites for hydroxylation is 1. The lowest BCUT2D eigenvalue weighted by molar-refractivity contribution is 0.119. The molecule has 0 amide bonds. The second-order valence-electron chi connectivity index (χ2n) is 8.11. The molecule has 0 bridgehead atoms. The summed E-state index contributed by atoms with van der Waals surface area (Å²) in [5.74, 6) is 5.39. The first kappa shape index (κ1) is 19.9. The van der Waals surface area contributed by atoms with Crippen LogP contribution in [0.1, 0.15) is 37.8 Å². The number of rotatable bonds is 6. The van der Waals surface area contributed by atoms with Crippen LogP contribution in [-0.4, -0.2) is 41.6 Å². The number of nitrogens with two attached hydrogens (primary N) is 2. The lowest BCUT2D eigenvalue weighted by Crippen LogP contribution is -2.44. The van der Waals surface area contributed by atoms with Gasteiger partial charge in [0.15, 0.2) is 0 Å². The Labute approximate surface area is 167 Å². The standard InChI is InChI=1S/C20H28FN5O3/c1-3-29-10-16(22)12-6-7-24(9-12)18-11(2)17-14(8-15(18)21)19(27)26(23)20(28)25(17)13-4-5-13/h8,12-13,16H,3-7,9-10,22-23H2,1-2H3/t12?,16-/m1/s1. The molecule has 158 valence electrons. The molecule has 8 nitrogen and oxygen atoms in total. The monoisotopic (exact) mass is 405 g/mol. The van der Waals surface area contributed by atoms with Gasteiger partial charge in [-0.2, -0.15) is 4.68 Å². The van der Waals surface area contributed by atoms with Crippen LogP contribution >= 0.6 is 0 Å². The first-order chi connectivity index (χ1) is 13.8. The molecule has 4 N–H and O–H groups in total. The van der Waals surface area contributed by atoms with Crippen LogP contribution < -0.4 is 27.7 Å². The summed E-state index contributed by atoms with van der Waals surface area (Å²) in [4.78, 5) is 27.2. The molecule has 2 aromatic rings. The number of nitrogen functional groups attached to an aromatic ring is 1. The highest BCUT2D eigenvalue weighted by Gasteiger charge is 2.33. The van der Waals surface area contributed by atoms with Crippen LogP contribution in [0.5, 0.6) is 0 Å². The van der Waals surface area contributed by atoms with E-state index >= 15 is 4.39 Å². The number of hydrogen-bond donors (Lipinski definition) is 2. The third kappa shape index (κ3) is 3.32. The molecule has 9 heteroatoms. The van der Waals surface area contributed by atoms with E-state index in [2.05, 4.69) is 0 Å². The van der Waals surface area contributed by atoms with Gasteiger partial charge in [-0.1, -0.05) is 0 Å². The average Bonchev–Trinajstić information content (AvgIpc) is 3.42. The fourth-order valence-electron chi connectivity index (χ4n) is 4.45. The summed E-state index contributed by atoms with van der Waals surface area (Å²) in [6, 6.07) is 1.11. The summed E-state index contributed by atoms with van der Waals surface area (Å²) >= 11 is 0. The van der Waals surface area contributed by atoms with E-state index in [1.165, 1.54) is 6.07 Å². The summed E-state index contributed by atoms with van der Waals surface area (Å²) in [5.41, 5.74) is 6.55. The van der Waals surface area contributed by atoms with Gasteiger partial charge in [-0.05, 0) is 45.1 Å². The Hall–Kier alpha value is -2.39. The maximum Gasteiger partial charge on any atom is 0.350 e. The van der Waals surface area contributed by atoms with Crippen LogP contribution in [0.15, 0.2) is 15.7 Å². The molecule has 1 saturated heterocycles. The molecular weight excluding hydrogens is 377 g/mol. The predicted molar refractivity (Wildman–Crippen MR) is 110 cm³/mol. The molecule has 0 spiro atoms. The van der Waals surface area contributed by atoms with Crippen molar-refractivity contribution < 1.29 is 9.13 Å². The molecule has 1 saturated carbocycles. The number of halogens is 1. The maximum atomic E-state index is 15.1. The molecule has 1 aromatic carbocycles. The van der Waals surface area contributed by atoms with Gasteiger partial charge in [0, 0.05) is 37.3 Å². The van der Waals surface area contributed by atoms with Crippen molar-refractivity contribution in [1.29, 1.82) is 0 Å². The van der Waals surface area contributed by atoms with E-state index in [-0.39, 0.29) is 23.4 Å². The average molecular weight is 405 g/mol. The van der Waals surface area contributed by atoms with Gasteiger partial charge in [0.05, 0.1) is 23.2 Å². The van der Waals surface area contributed by atoms with Crippen molar-refractivity contribution in [1.82, 2.24) is 9.24 Å². The second-order valence-corrected chi connectivity index (χ2v) is 8.11. The van der Waals surface area contributed by atoms with Gasteiger partial charge < -0.3 is 21.2 Å². The number of benzene rings is 1. The molecule has 2 atom stereocenters.